The van der Waals surface area contributed by atoms with Crippen LogP contribution in [0.1, 0.15) is 25.0 Å². The van der Waals surface area contributed by atoms with E-state index < -0.39 is 0 Å². The number of fused-ring (bicyclic) bond motifs is 4. The van der Waals surface area contributed by atoms with Crippen molar-refractivity contribution in [3.63, 3.8) is 0 Å². The Morgan fingerprint density at radius 1 is 0.339 bits per heavy atom. The third kappa shape index (κ3) is 5.81. The van der Waals surface area contributed by atoms with E-state index in [-0.39, 0.29) is 5.41 Å². The highest BCUT2D eigenvalue weighted by Crippen LogP contribution is 2.56. The number of hydrogen-bond acceptors (Lipinski definition) is 1. The Bertz CT molecular complexity index is 2690. The summed E-state index contributed by atoms with van der Waals surface area (Å²) < 4.78 is 0. The Balaban J connectivity index is 1.11. The number of anilines is 3. The van der Waals surface area contributed by atoms with Crippen LogP contribution in [-0.4, -0.2) is 0 Å². The van der Waals surface area contributed by atoms with Crippen LogP contribution in [0.2, 0.25) is 0 Å². The summed E-state index contributed by atoms with van der Waals surface area (Å²) in [5.74, 6) is 0. The number of benzene rings is 9. The molecule has 1 aliphatic rings. The van der Waals surface area contributed by atoms with Gasteiger partial charge in [0.15, 0.2) is 0 Å². The van der Waals surface area contributed by atoms with Gasteiger partial charge in [0.2, 0.25) is 0 Å². The van der Waals surface area contributed by atoms with Crippen LogP contribution in [-0.2, 0) is 5.41 Å². The predicted octanol–water partition coefficient (Wildman–Crippen LogP) is 15.3. The van der Waals surface area contributed by atoms with E-state index in [1.807, 2.05) is 0 Å². The number of rotatable bonds is 7. The minimum atomic E-state index is -0.137. The maximum atomic E-state index is 2.49. The second-order valence-electron chi connectivity index (χ2n) is 15.4. The molecule has 0 spiro atoms. The molecule has 1 heteroatoms. The third-order valence-corrected chi connectivity index (χ3v) is 11.7. The predicted molar refractivity (Wildman–Crippen MR) is 238 cm³/mol. The van der Waals surface area contributed by atoms with E-state index in [1.165, 1.54) is 83.2 Å². The Morgan fingerprint density at radius 3 is 1.20 bits per heavy atom. The molecule has 0 atom stereocenters. The summed E-state index contributed by atoms with van der Waals surface area (Å²) in [7, 11) is 0. The fraction of sp³-hybridized carbons (Fsp3) is 0.0545. The average Bonchev–Trinajstić information content (AvgIpc) is 3.50. The minimum Gasteiger partial charge on any atom is -0.309 e. The first-order valence-electron chi connectivity index (χ1n) is 19.5. The molecule has 0 amide bonds. The smallest absolute Gasteiger partial charge is 0.0621 e. The first kappa shape index (κ1) is 33.6. The highest BCUT2D eigenvalue weighted by molar-refractivity contribution is 6.09. The molecular weight excluding hydrogens is 675 g/mol. The maximum absolute atomic E-state index is 2.49. The summed E-state index contributed by atoms with van der Waals surface area (Å²) in [4.78, 5) is 2.49. The Kier molecular flexibility index (Phi) is 8.23. The molecule has 9 aromatic rings. The summed E-state index contributed by atoms with van der Waals surface area (Å²) in [5, 5.41) is 2.48. The van der Waals surface area contributed by atoms with E-state index in [2.05, 4.69) is 231 Å². The molecule has 10 rings (SSSR count). The lowest BCUT2D eigenvalue weighted by Crippen LogP contribution is -2.16. The molecule has 0 radical (unpaired) electrons. The summed E-state index contributed by atoms with van der Waals surface area (Å²) in [6, 6.07) is 77.5. The van der Waals surface area contributed by atoms with Crippen LogP contribution in [0, 0.1) is 0 Å². The Hall–Kier alpha value is -6.96. The standard InChI is InChI=1S/C55H41N/c1-55(2)51-20-12-11-19-50(51)53-52(55)37-46-17-9-10-18-49(46)54(53)56(47-33-29-44(30-34-47)42-25-21-40(22-26-42)38-13-5-3-6-14-38)48-35-31-45(32-36-48)43-27-23-41(24-28-43)39-15-7-4-8-16-39/h3-37H,1-2H3. The Labute approximate surface area is 329 Å². The highest BCUT2D eigenvalue weighted by atomic mass is 15.1. The normalized spacial score (nSPS) is 12.6. The summed E-state index contributed by atoms with van der Waals surface area (Å²) in [5.41, 5.74) is 18.4. The van der Waals surface area contributed by atoms with Gasteiger partial charge in [-0.2, -0.15) is 0 Å². The summed E-state index contributed by atoms with van der Waals surface area (Å²) in [6.45, 7) is 4.74. The van der Waals surface area contributed by atoms with Gasteiger partial charge in [0.25, 0.3) is 0 Å². The summed E-state index contributed by atoms with van der Waals surface area (Å²) in [6.07, 6.45) is 0. The van der Waals surface area contributed by atoms with Crippen LogP contribution >= 0.6 is 0 Å². The van der Waals surface area contributed by atoms with Gasteiger partial charge in [-0.3, -0.25) is 0 Å². The maximum Gasteiger partial charge on any atom is 0.0621 e. The van der Waals surface area contributed by atoms with Crippen molar-refractivity contribution in [1.82, 2.24) is 0 Å². The van der Waals surface area contributed by atoms with Gasteiger partial charge in [-0.1, -0.05) is 196 Å². The largest absolute Gasteiger partial charge is 0.309 e. The molecule has 1 nitrogen and oxygen atoms in total. The zero-order valence-electron chi connectivity index (χ0n) is 31.7. The Morgan fingerprint density at radius 2 is 0.714 bits per heavy atom. The lowest BCUT2D eigenvalue weighted by atomic mass is 9.81. The minimum absolute atomic E-state index is 0.137. The van der Waals surface area contributed by atoms with Crippen LogP contribution < -0.4 is 4.90 Å². The molecule has 0 unspecified atom stereocenters. The van der Waals surface area contributed by atoms with E-state index >= 15 is 0 Å². The number of hydrogen-bond donors (Lipinski definition) is 0. The van der Waals surface area contributed by atoms with Gasteiger partial charge in [-0.15, -0.1) is 0 Å². The molecule has 9 aromatic carbocycles. The van der Waals surface area contributed by atoms with Crippen LogP contribution in [0.25, 0.3) is 66.4 Å². The number of nitrogens with zero attached hydrogens (tertiary/aromatic N) is 1. The van der Waals surface area contributed by atoms with E-state index in [0.29, 0.717) is 0 Å². The van der Waals surface area contributed by atoms with Crippen molar-refractivity contribution in [3.05, 3.63) is 223 Å². The van der Waals surface area contributed by atoms with Crippen LogP contribution in [0.15, 0.2) is 212 Å². The van der Waals surface area contributed by atoms with Crippen molar-refractivity contribution in [1.29, 1.82) is 0 Å². The van der Waals surface area contributed by atoms with Crippen molar-refractivity contribution in [2.45, 2.75) is 19.3 Å². The fourth-order valence-electron chi connectivity index (χ4n) is 8.70. The molecule has 0 N–H and O–H groups in total. The molecule has 0 saturated heterocycles. The van der Waals surface area contributed by atoms with Crippen molar-refractivity contribution in [3.8, 4) is 55.6 Å². The zero-order valence-corrected chi connectivity index (χ0v) is 31.7. The third-order valence-electron chi connectivity index (χ3n) is 11.7. The van der Waals surface area contributed by atoms with E-state index in [0.717, 1.165) is 11.4 Å². The van der Waals surface area contributed by atoms with Crippen molar-refractivity contribution < 1.29 is 0 Å². The second kappa shape index (κ2) is 13.7. The molecule has 1 aliphatic carbocycles. The van der Waals surface area contributed by atoms with Crippen LogP contribution in [0.5, 0.6) is 0 Å². The fourth-order valence-corrected chi connectivity index (χ4v) is 8.70. The molecule has 0 bridgehead atoms. The topological polar surface area (TPSA) is 3.24 Å². The van der Waals surface area contributed by atoms with E-state index in [4.69, 9.17) is 0 Å². The molecule has 266 valence electrons. The quantitative estimate of drug-likeness (QED) is 0.159. The van der Waals surface area contributed by atoms with Crippen molar-refractivity contribution >= 4 is 27.8 Å². The van der Waals surface area contributed by atoms with Crippen molar-refractivity contribution in [2.75, 3.05) is 4.90 Å². The van der Waals surface area contributed by atoms with Gasteiger partial charge in [0.05, 0.1) is 5.69 Å². The summed E-state index contributed by atoms with van der Waals surface area (Å²) >= 11 is 0. The van der Waals surface area contributed by atoms with Gasteiger partial charge in [0, 0.05) is 27.7 Å². The second-order valence-corrected chi connectivity index (χ2v) is 15.4. The first-order valence-corrected chi connectivity index (χ1v) is 19.5. The average molecular weight is 716 g/mol. The van der Waals surface area contributed by atoms with Gasteiger partial charge in [0.1, 0.15) is 0 Å². The van der Waals surface area contributed by atoms with E-state index in [9.17, 15) is 0 Å². The molecule has 0 heterocycles. The van der Waals surface area contributed by atoms with Crippen LogP contribution in [0.3, 0.4) is 0 Å². The SMILES string of the molecule is CC1(C)c2ccccc2-c2c1cc1ccccc1c2N(c1ccc(-c2ccc(-c3ccccc3)cc2)cc1)c1ccc(-c2ccc(-c3ccccc3)cc2)cc1. The van der Waals surface area contributed by atoms with E-state index in [1.54, 1.807) is 0 Å². The highest BCUT2D eigenvalue weighted by Gasteiger charge is 2.39. The monoisotopic (exact) mass is 715 g/mol. The van der Waals surface area contributed by atoms with Crippen molar-refractivity contribution in [2.24, 2.45) is 0 Å². The molecule has 0 aliphatic heterocycles. The molecular formula is C55H41N. The molecule has 0 aromatic heterocycles. The molecule has 0 saturated carbocycles. The van der Waals surface area contributed by atoms with Crippen LogP contribution in [0.4, 0.5) is 17.1 Å². The molecule has 0 fully saturated rings. The van der Waals surface area contributed by atoms with Gasteiger partial charge < -0.3 is 4.90 Å². The zero-order chi connectivity index (χ0) is 37.6. The lowest BCUT2D eigenvalue weighted by Gasteiger charge is -2.31. The lowest BCUT2D eigenvalue weighted by molar-refractivity contribution is 0.661. The molecule has 56 heavy (non-hydrogen) atoms. The first-order chi connectivity index (χ1) is 27.5. The van der Waals surface area contributed by atoms with Gasteiger partial charge >= 0.3 is 0 Å². The van der Waals surface area contributed by atoms with Gasteiger partial charge in [-0.25, -0.2) is 0 Å². The van der Waals surface area contributed by atoms with Gasteiger partial charge in [-0.05, 0) is 96.9 Å².